The van der Waals surface area contributed by atoms with Crippen molar-refractivity contribution in [2.45, 2.75) is 60.0 Å². The Morgan fingerprint density at radius 2 is 1.80 bits per heavy atom. The van der Waals surface area contributed by atoms with E-state index in [0.717, 1.165) is 17.8 Å². The van der Waals surface area contributed by atoms with Crippen LogP contribution in [0.5, 0.6) is 0 Å². The Labute approximate surface area is 95.6 Å². The highest BCUT2D eigenvalue weighted by molar-refractivity contribution is 4.89. The van der Waals surface area contributed by atoms with E-state index in [1.807, 2.05) is 7.11 Å². The van der Waals surface area contributed by atoms with Gasteiger partial charge in [-0.05, 0) is 36.0 Å². The first-order valence-corrected chi connectivity index (χ1v) is 6.42. The molecule has 1 fully saturated rings. The zero-order chi connectivity index (χ0) is 11.6. The molecule has 0 saturated heterocycles. The van der Waals surface area contributed by atoms with Crippen LogP contribution < -0.4 is 0 Å². The van der Waals surface area contributed by atoms with E-state index in [4.69, 9.17) is 4.74 Å². The topological polar surface area (TPSA) is 9.23 Å². The lowest BCUT2D eigenvalue weighted by Gasteiger charge is -2.44. The Bertz CT molecular complexity index is 192. The average Bonchev–Trinajstić information content (AvgIpc) is 2.15. The van der Waals surface area contributed by atoms with Crippen molar-refractivity contribution in [3.05, 3.63) is 0 Å². The molecule has 4 atom stereocenters. The van der Waals surface area contributed by atoms with Gasteiger partial charge in [0.25, 0.3) is 0 Å². The van der Waals surface area contributed by atoms with Crippen LogP contribution in [0, 0.1) is 23.2 Å². The molecule has 0 bridgehead atoms. The summed E-state index contributed by atoms with van der Waals surface area (Å²) in [6.45, 7) is 11.8. The fourth-order valence-corrected chi connectivity index (χ4v) is 3.17. The molecule has 1 nitrogen and oxygen atoms in total. The van der Waals surface area contributed by atoms with Crippen molar-refractivity contribution in [3.63, 3.8) is 0 Å². The highest BCUT2D eigenvalue weighted by Gasteiger charge is 2.38. The summed E-state index contributed by atoms with van der Waals surface area (Å²) in [7, 11) is 1.88. The molecular weight excluding hydrogens is 184 g/mol. The van der Waals surface area contributed by atoms with Crippen LogP contribution in [-0.4, -0.2) is 13.2 Å². The van der Waals surface area contributed by atoms with Crippen LogP contribution in [0.15, 0.2) is 0 Å². The van der Waals surface area contributed by atoms with Gasteiger partial charge >= 0.3 is 0 Å². The number of hydrogen-bond donors (Lipinski definition) is 0. The molecule has 0 aromatic heterocycles. The first kappa shape index (κ1) is 13.0. The predicted molar refractivity (Wildman–Crippen MR) is 65.9 cm³/mol. The van der Waals surface area contributed by atoms with Gasteiger partial charge in [0.1, 0.15) is 0 Å². The Morgan fingerprint density at radius 3 is 2.20 bits per heavy atom. The molecule has 0 heterocycles. The van der Waals surface area contributed by atoms with E-state index in [9.17, 15) is 0 Å². The molecule has 1 aliphatic rings. The van der Waals surface area contributed by atoms with E-state index >= 15 is 0 Å². The van der Waals surface area contributed by atoms with Gasteiger partial charge in [-0.15, -0.1) is 0 Å². The van der Waals surface area contributed by atoms with Crippen LogP contribution in [0.25, 0.3) is 0 Å². The third-order valence-corrected chi connectivity index (χ3v) is 4.29. The van der Waals surface area contributed by atoms with Gasteiger partial charge in [0, 0.05) is 7.11 Å². The Morgan fingerprint density at radius 1 is 1.20 bits per heavy atom. The number of methoxy groups -OCH3 is 1. The Balaban J connectivity index is 2.71. The molecule has 15 heavy (non-hydrogen) atoms. The van der Waals surface area contributed by atoms with E-state index in [0.29, 0.717) is 11.5 Å². The summed E-state index contributed by atoms with van der Waals surface area (Å²) >= 11 is 0. The van der Waals surface area contributed by atoms with Gasteiger partial charge in [-0.1, -0.05) is 41.0 Å². The first-order chi connectivity index (χ1) is 6.90. The molecule has 0 spiro atoms. The monoisotopic (exact) mass is 212 g/mol. The van der Waals surface area contributed by atoms with Crippen LogP contribution in [0.4, 0.5) is 0 Å². The SMILES string of the molecule is CCC1CC(C(C)(C)C)CC(C)C1OC. The van der Waals surface area contributed by atoms with Crippen molar-refractivity contribution in [1.29, 1.82) is 0 Å². The molecule has 90 valence electrons. The molecule has 0 aromatic carbocycles. The molecule has 4 unspecified atom stereocenters. The smallest absolute Gasteiger partial charge is 0.0625 e. The lowest BCUT2D eigenvalue weighted by Crippen LogP contribution is -2.40. The molecule has 0 amide bonds. The van der Waals surface area contributed by atoms with Crippen LogP contribution in [-0.2, 0) is 4.74 Å². The molecule has 1 aliphatic carbocycles. The molecule has 0 N–H and O–H groups in total. The Hall–Kier alpha value is -0.0400. The molecule has 1 heteroatoms. The minimum absolute atomic E-state index is 0.459. The molecule has 0 radical (unpaired) electrons. The maximum atomic E-state index is 5.67. The van der Waals surface area contributed by atoms with Crippen molar-refractivity contribution < 1.29 is 4.74 Å². The average molecular weight is 212 g/mol. The van der Waals surface area contributed by atoms with Gasteiger partial charge in [-0.25, -0.2) is 0 Å². The zero-order valence-corrected chi connectivity index (χ0v) is 11.3. The number of ether oxygens (including phenoxy) is 1. The highest BCUT2D eigenvalue weighted by Crippen LogP contribution is 2.44. The second kappa shape index (κ2) is 4.86. The normalized spacial score (nSPS) is 38.0. The second-order valence-corrected chi connectivity index (χ2v) is 6.38. The van der Waals surface area contributed by atoms with Crippen LogP contribution in [0.1, 0.15) is 53.9 Å². The van der Waals surface area contributed by atoms with Gasteiger partial charge in [-0.2, -0.15) is 0 Å². The van der Waals surface area contributed by atoms with Crippen LogP contribution in [0.2, 0.25) is 0 Å². The van der Waals surface area contributed by atoms with Crippen molar-refractivity contribution in [2.75, 3.05) is 7.11 Å². The third-order valence-electron chi connectivity index (χ3n) is 4.29. The first-order valence-electron chi connectivity index (χ1n) is 6.42. The molecule has 0 aromatic rings. The van der Waals surface area contributed by atoms with E-state index < -0.39 is 0 Å². The molecule has 0 aliphatic heterocycles. The summed E-state index contributed by atoms with van der Waals surface area (Å²) in [5, 5.41) is 0. The highest BCUT2D eigenvalue weighted by atomic mass is 16.5. The van der Waals surface area contributed by atoms with Crippen LogP contribution >= 0.6 is 0 Å². The summed E-state index contributed by atoms with van der Waals surface area (Å²) in [6.07, 6.45) is 4.44. The quantitative estimate of drug-likeness (QED) is 0.669. The van der Waals surface area contributed by atoms with Gasteiger partial charge in [0.2, 0.25) is 0 Å². The van der Waals surface area contributed by atoms with Gasteiger partial charge < -0.3 is 4.74 Å². The van der Waals surface area contributed by atoms with Crippen LogP contribution in [0.3, 0.4) is 0 Å². The second-order valence-electron chi connectivity index (χ2n) is 6.38. The third kappa shape index (κ3) is 2.96. The van der Waals surface area contributed by atoms with E-state index in [2.05, 4.69) is 34.6 Å². The fraction of sp³-hybridized carbons (Fsp3) is 1.00. The summed E-state index contributed by atoms with van der Waals surface area (Å²) in [6, 6.07) is 0. The minimum Gasteiger partial charge on any atom is -0.381 e. The summed E-state index contributed by atoms with van der Waals surface area (Å²) in [5.41, 5.74) is 0.459. The van der Waals surface area contributed by atoms with E-state index in [-0.39, 0.29) is 0 Å². The number of hydrogen-bond acceptors (Lipinski definition) is 1. The lowest BCUT2D eigenvalue weighted by molar-refractivity contribution is -0.0491. The number of rotatable bonds is 2. The Kier molecular flexibility index (Phi) is 4.22. The fourth-order valence-electron chi connectivity index (χ4n) is 3.17. The summed E-state index contributed by atoms with van der Waals surface area (Å²) < 4.78 is 5.67. The summed E-state index contributed by atoms with van der Waals surface area (Å²) in [4.78, 5) is 0. The lowest BCUT2D eigenvalue weighted by atomic mass is 9.64. The van der Waals surface area contributed by atoms with Crippen molar-refractivity contribution in [1.82, 2.24) is 0 Å². The molecular formula is C14H28O. The largest absolute Gasteiger partial charge is 0.381 e. The summed E-state index contributed by atoms with van der Waals surface area (Å²) in [5.74, 6) is 2.35. The van der Waals surface area contributed by atoms with E-state index in [1.54, 1.807) is 0 Å². The van der Waals surface area contributed by atoms with Gasteiger partial charge in [0.15, 0.2) is 0 Å². The van der Waals surface area contributed by atoms with E-state index in [1.165, 1.54) is 19.3 Å². The van der Waals surface area contributed by atoms with Crippen molar-refractivity contribution >= 4 is 0 Å². The van der Waals surface area contributed by atoms with Gasteiger partial charge in [-0.3, -0.25) is 0 Å². The predicted octanol–water partition coefficient (Wildman–Crippen LogP) is 4.12. The van der Waals surface area contributed by atoms with Crippen molar-refractivity contribution in [3.8, 4) is 0 Å². The van der Waals surface area contributed by atoms with Gasteiger partial charge in [0.05, 0.1) is 6.10 Å². The standard InChI is InChI=1S/C14H28O/c1-7-11-9-12(14(3,4)5)8-10(2)13(11)15-6/h10-13H,7-9H2,1-6H3. The molecule has 1 rings (SSSR count). The maximum Gasteiger partial charge on any atom is 0.0625 e. The zero-order valence-electron chi connectivity index (χ0n) is 11.3. The van der Waals surface area contributed by atoms with Crippen molar-refractivity contribution in [2.24, 2.45) is 23.2 Å². The minimum atomic E-state index is 0.459. The molecule has 1 saturated carbocycles. The maximum absolute atomic E-state index is 5.67.